The molecular formula is C10H12N8O5. The predicted octanol–water partition coefficient (Wildman–Crippen LogP) is 0.195. The summed E-state index contributed by atoms with van der Waals surface area (Å²) in [5, 5.41) is 23.7. The van der Waals surface area contributed by atoms with E-state index in [1.807, 2.05) is 0 Å². The van der Waals surface area contributed by atoms with E-state index in [2.05, 4.69) is 50.3 Å². The second kappa shape index (κ2) is 6.17. The Bertz CT molecular complexity index is 767. The molecule has 13 nitrogen and oxygen atoms in total. The topological polar surface area (TPSA) is 150 Å². The summed E-state index contributed by atoms with van der Waals surface area (Å²) in [5.74, 6) is 0.772. The van der Waals surface area contributed by atoms with Gasteiger partial charge in [0.25, 0.3) is 11.6 Å². The van der Waals surface area contributed by atoms with Gasteiger partial charge in [-0.2, -0.15) is 0 Å². The summed E-state index contributed by atoms with van der Waals surface area (Å²) in [4.78, 5) is 0. The van der Waals surface area contributed by atoms with Crippen LogP contribution in [-0.4, -0.2) is 45.2 Å². The molecule has 1 N–H and O–H groups in total. The van der Waals surface area contributed by atoms with Crippen LogP contribution in [0.5, 0.6) is 11.8 Å². The maximum atomic E-state index is 5.09. The van der Waals surface area contributed by atoms with Crippen LogP contribution in [0.3, 0.4) is 0 Å². The molecule has 23 heavy (non-hydrogen) atoms. The van der Waals surface area contributed by atoms with Gasteiger partial charge in [0.15, 0.2) is 0 Å². The first-order chi connectivity index (χ1) is 11.2. The van der Waals surface area contributed by atoms with Gasteiger partial charge in [-0.1, -0.05) is 10.3 Å². The fraction of sp³-hybridized carbons (Fsp3) is 0.400. The largest absolute Gasteiger partial charge is 0.476 e. The number of ether oxygens (including phenoxy) is 2. The van der Waals surface area contributed by atoms with Crippen LogP contribution in [0.1, 0.15) is 11.4 Å². The van der Waals surface area contributed by atoms with Crippen molar-refractivity contribution in [3.63, 3.8) is 0 Å². The van der Waals surface area contributed by atoms with Crippen molar-refractivity contribution < 1.29 is 23.4 Å². The molecule has 0 radical (unpaired) electrons. The number of aryl methyl sites for hydroxylation is 1. The van der Waals surface area contributed by atoms with Gasteiger partial charge in [0.05, 0.1) is 20.8 Å². The van der Waals surface area contributed by atoms with Gasteiger partial charge in [-0.05, 0) is 27.6 Å². The van der Waals surface area contributed by atoms with Crippen LogP contribution in [0.15, 0.2) is 13.9 Å². The molecule has 3 aromatic heterocycles. The van der Waals surface area contributed by atoms with Crippen LogP contribution in [-0.2, 0) is 6.54 Å². The van der Waals surface area contributed by atoms with E-state index in [0.29, 0.717) is 11.4 Å². The minimum absolute atomic E-state index is 0.153. The molecule has 0 amide bonds. The third kappa shape index (κ3) is 2.83. The van der Waals surface area contributed by atoms with Gasteiger partial charge in [-0.25, -0.2) is 13.9 Å². The van der Waals surface area contributed by atoms with E-state index in [0.717, 1.165) is 0 Å². The molecule has 0 saturated heterocycles. The highest BCUT2D eigenvalue weighted by molar-refractivity contribution is 5.55. The highest BCUT2D eigenvalue weighted by atomic mass is 16.6. The molecule has 3 aromatic rings. The molecule has 0 spiro atoms. The Hall–Kier alpha value is -3.38. The number of aromatic nitrogens is 6. The fourth-order valence-electron chi connectivity index (χ4n) is 1.69. The third-order valence-corrected chi connectivity index (χ3v) is 2.84. The van der Waals surface area contributed by atoms with Crippen molar-refractivity contribution in [2.75, 3.05) is 24.7 Å². The Kier molecular flexibility index (Phi) is 3.90. The Morgan fingerprint density at radius 2 is 1.61 bits per heavy atom. The van der Waals surface area contributed by atoms with Gasteiger partial charge in [0.2, 0.25) is 0 Å². The highest BCUT2D eigenvalue weighted by Crippen LogP contribution is 2.27. The van der Waals surface area contributed by atoms with Crippen molar-refractivity contribution in [2.24, 2.45) is 0 Å². The van der Waals surface area contributed by atoms with Crippen molar-refractivity contribution in [3.8, 4) is 11.8 Å². The average Bonchev–Trinajstić information content (AvgIpc) is 3.27. The third-order valence-electron chi connectivity index (χ3n) is 2.84. The zero-order chi connectivity index (χ0) is 16.2. The fourth-order valence-corrected chi connectivity index (χ4v) is 1.69. The van der Waals surface area contributed by atoms with Crippen LogP contribution < -0.4 is 19.9 Å². The molecule has 122 valence electrons. The SMILES string of the molecule is COc1nonc1NN(Cc1nonc1C)c1nonc1OC. The summed E-state index contributed by atoms with van der Waals surface area (Å²) in [6.07, 6.45) is 0. The molecule has 0 bridgehead atoms. The number of hydrazine groups is 1. The monoisotopic (exact) mass is 324 g/mol. The molecule has 3 rings (SSSR count). The molecule has 0 unspecified atom stereocenters. The molecular weight excluding hydrogens is 312 g/mol. The standard InChI is InChI=1S/C10H12N8O5/c1-5-6(13-21-12-5)4-18(8-10(20-3)17-23-15-8)11-7-9(19-2)16-22-14-7/h4H2,1-3H3,(H,11,14). The van der Waals surface area contributed by atoms with Crippen LogP contribution in [0.4, 0.5) is 11.6 Å². The van der Waals surface area contributed by atoms with E-state index in [9.17, 15) is 0 Å². The maximum Gasteiger partial charge on any atom is 0.302 e. The van der Waals surface area contributed by atoms with Crippen LogP contribution in [0, 0.1) is 6.92 Å². The number of hydrogen-bond donors (Lipinski definition) is 1. The molecule has 0 atom stereocenters. The molecule has 0 saturated carbocycles. The molecule has 0 aliphatic rings. The number of hydrogen-bond acceptors (Lipinski definition) is 13. The molecule has 0 aliphatic heterocycles. The summed E-state index contributed by atoms with van der Waals surface area (Å²) in [6, 6.07) is 0. The van der Waals surface area contributed by atoms with Crippen LogP contribution >= 0.6 is 0 Å². The van der Waals surface area contributed by atoms with Crippen molar-refractivity contribution in [2.45, 2.75) is 13.5 Å². The number of anilines is 2. The Morgan fingerprint density at radius 3 is 2.30 bits per heavy atom. The van der Waals surface area contributed by atoms with E-state index in [1.165, 1.54) is 19.2 Å². The van der Waals surface area contributed by atoms with Crippen LogP contribution in [0.25, 0.3) is 0 Å². The highest BCUT2D eigenvalue weighted by Gasteiger charge is 2.24. The van der Waals surface area contributed by atoms with E-state index in [1.54, 1.807) is 6.92 Å². The first-order valence-electron chi connectivity index (χ1n) is 6.28. The van der Waals surface area contributed by atoms with E-state index in [4.69, 9.17) is 9.47 Å². The smallest absolute Gasteiger partial charge is 0.302 e. The van der Waals surface area contributed by atoms with Gasteiger partial charge in [0.1, 0.15) is 11.4 Å². The van der Waals surface area contributed by atoms with Crippen molar-refractivity contribution in [3.05, 3.63) is 11.4 Å². The van der Waals surface area contributed by atoms with Gasteiger partial charge in [-0.15, -0.1) is 0 Å². The number of nitrogens with zero attached hydrogens (tertiary/aromatic N) is 7. The molecule has 0 aliphatic carbocycles. The Labute approximate surface area is 128 Å². The average molecular weight is 324 g/mol. The second-order valence-corrected chi connectivity index (χ2v) is 4.21. The summed E-state index contributed by atoms with van der Waals surface area (Å²) >= 11 is 0. The zero-order valence-corrected chi connectivity index (χ0v) is 12.4. The number of nitrogens with one attached hydrogen (secondary N) is 1. The van der Waals surface area contributed by atoms with E-state index >= 15 is 0 Å². The maximum absolute atomic E-state index is 5.09. The number of rotatable bonds is 7. The van der Waals surface area contributed by atoms with Gasteiger partial charge < -0.3 is 9.47 Å². The summed E-state index contributed by atoms with van der Waals surface area (Å²) in [6.45, 7) is 1.94. The predicted molar refractivity (Wildman–Crippen MR) is 70.5 cm³/mol. The molecule has 0 aromatic carbocycles. The minimum atomic E-state index is 0.153. The van der Waals surface area contributed by atoms with Gasteiger partial charge in [0, 0.05) is 0 Å². The molecule has 13 heteroatoms. The lowest BCUT2D eigenvalue weighted by Gasteiger charge is -2.20. The van der Waals surface area contributed by atoms with Gasteiger partial charge in [-0.3, -0.25) is 10.4 Å². The summed E-state index contributed by atoms with van der Waals surface area (Å²) < 4.78 is 24.1. The summed E-state index contributed by atoms with van der Waals surface area (Å²) in [5.41, 5.74) is 4.07. The summed E-state index contributed by atoms with van der Waals surface area (Å²) in [7, 11) is 2.86. The molecule has 3 heterocycles. The lowest BCUT2D eigenvalue weighted by Crippen LogP contribution is -2.31. The quantitative estimate of drug-likeness (QED) is 0.589. The Morgan fingerprint density at radius 1 is 0.913 bits per heavy atom. The lowest BCUT2D eigenvalue weighted by molar-refractivity contribution is 0.281. The Balaban J connectivity index is 1.91. The minimum Gasteiger partial charge on any atom is -0.476 e. The van der Waals surface area contributed by atoms with E-state index in [-0.39, 0.29) is 29.9 Å². The second-order valence-electron chi connectivity index (χ2n) is 4.21. The zero-order valence-electron chi connectivity index (χ0n) is 12.4. The number of methoxy groups -OCH3 is 2. The van der Waals surface area contributed by atoms with Gasteiger partial charge >= 0.3 is 11.8 Å². The first kappa shape index (κ1) is 14.6. The molecule has 0 fully saturated rings. The van der Waals surface area contributed by atoms with Crippen LogP contribution in [0.2, 0.25) is 0 Å². The van der Waals surface area contributed by atoms with E-state index < -0.39 is 0 Å². The van der Waals surface area contributed by atoms with Crippen molar-refractivity contribution >= 4 is 11.6 Å². The van der Waals surface area contributed by atoms with Crippen molar-refractivity contribution in [1.29, 1.82) is 0 Å². The normalized spacial score (nSPS) is 10.6. The first-order valence-corrected chi connectivity index (χ1v) is 6.28. The van der Waals surface area contributed by atoms with Crippen molar-refractivity contribution in [1.82, 2.24) is 30.9 Å². The lowest BCUT2D eigenvalue weighted by atomic mass is 10.3.